The minimum Gasteiger partial charge on any atom is -0.480 e. The molecule has 2 atom stereocenters. The Labute approximate surface area is 117 Å². The zero-order valence-corrected chi connectivity index (χ0v) is 12.0. The Kier molecular flexibility index (Phi) is 4.96. The van der Waals surface area contributed by atoms with Gasteiger partial charge in [0.25, 0.3) is 0 Å². The van der Waals surface area contributed by atoms with Crippen molar-refractivity contribution in [2.45, 2.75) is 63.0 Å². The van der Waals surface area contributed by atoms with Crippen molar-refractivity contribution in [3.8, 4) is 0 Å². The molecule has 0 aromatic carbocycles. The van der Waals surface area contributed by atoms with Crippen LogP contribution in [-0.2, 0) is 9.53 Å². The van der Waals surface area contributed by atoms with Crippen LogP contribution in [-0.4, -0.2) is 45.3 Å². The fraction of sp³-hybridized carbons (Fsp3) is 0.846. The van der Waals surface area contributed by atoms with Crippen molar-refractivity contribution in [3.05, 3.63) is 0 Å². The first kappa shape index (κ1) is 14.5. The third-order valence-corrected chi connectivity index (χ3v) is 5.05. The molecule has 5 nitrogen and oxygen atoms in total. The zero-order valence-electron chi connectivity index (χ0n) is 11.2. The maximum Gasteiger partial charge on any atom is 0.411 e. The molecule has 1 N–H and O–H groups in total. The lowest BCUT2D eigenvalue weighted by Gasteiger charge is -2.27. The molecule has 2 fully saturated rings. The van der Waals surface area contributed by atoms with Crippen LogP contribution in [0.2, 0.25) is 0 Å². The van der Waals surface area contributed by atoms with E-state index in [1.165, 1.54) is 4.90 Å². The standard InChI is InChI=1S/C13H21NO4S/c1-2-5-11-14(10(8-19-11)12(15)16)13(17)18-9-6-3-4-7-9/h9-11H,2-8H2,1H3,(H,15,16). The van der Waals surface area contributed by atoms with Crippen molar-refractivity contribution in [1.29, 1.82) is 0 Å². The van der Waals surface area contributed by atoms with Gasteiger partial charge in [-0.2, -0.15) is 0 Å². The number of rotatable bonds is 4. The van der Waals surface area contributed by atoms with E-state index in [1.54, 1.807) is 11.8 Å². The number of amides is 1. The van der Waals surface area contributed by atoms with Crippen LogP contribution in [0.25, 0.3) is 0 Å². The highest BCUT2D eigenvalue weighted by molar-refractivity contribution is 8.00. The molecule has 1 saturated carbocycles. The van der Waals surface area contributed by atoms with Gasteiger partial charge in [-0.1, -0.05) is 13.3 Å². The first-order chi connectivity index (χ1) is 9.13. The molecule has 0 bridgehead atoms. The Bertz CT molecular complexity index is 344. The third kappa shape index (κ3) is 3.35. The van der Waals surface area contributed by atoms with Gasteiger partial charge in [-0.15, -0.1) is 11.8 Å². The quantitative estimate of drug-likeness (QED) is 0.861. The third-order valence-electron chi connectivity index (χ3n) is 3.69. The summed E-state index contributed by atoms with van der Waals surface area (Å²) < 4.78 is 5.46. The van der Waals surface area contributed by atoms with E-state index in [1.807, 2.05) is 6.92 Å². The smallest absolute Gasteiger partial charge is 0.411 e. The summed E-state index contributed by atoms with van der Waals surface area (Å²) in [5.41, 5.74) is 0. The zero-order chi connectivity index (χ0) is 13.8. The number of thioether (sulfide) groups is 1. The fourth-order valence-electron chi connectivity index (χ4n) is 2.68. The second kappa shape index (κ2) is 6.50. The van der Waals surface area contributed by atoms with Crippen LogP contribution in [0.15, 0.2) is 0 Å². The van der Waals surface area contributed by atoms with E-state index >= 15 is 0 Å². The molecule has 1 amide bonds. The first-order valence-corrected chi connectivity index (χ1v) is 8.01. The molecular weight excluding hydrogens is 266 g/mol. The molecule has 1 heterocycles. The molecule has 0 aromatic rings. The van der Waals surface area contributed by atoms with Crippen molar-refractivity contribution >= 4 is 23.8 Å². The van der Waals surface area contributed by atoms with Gasteiger partial charge in [0.2, 0.25) is 0 Å². The Morgan fingerprint density at radius 1 is 1.37 bits per heavy atom. The van der Waals surface area contributed by atoms with Gasteiger partial charge < -0.3 is 9.84 Å². The number of aliphatic carboxylic acids is 1. The molecule has 108 valence electrons. The fourth-order valence-corrected chi connectivity index (χ4v) is 4.18. The molecule has 6 heteroatoms. The second-order valence-electron chi connectivity index (χ2n) is 5.13. The molecule has 1 aliphatic heterocycles. The molecule has 1 aliphatic carbocycles. The monoisotopic (exact) mass is 287 g/mol. The van der Waals surface area contributed by atoms with Crippen LogP contribution in [0, 0.1) is 0 Å². The van der Waals surface area contributed by atoms with E-state index in [0.29, 0.717) is 5.75 Å². The van der Waals surface area contributed by atoms with Gasteiger partial charge in [0.05, 0.1) is 5.37 Å². The molecule has 2 unspecified atom stereocenters. The van der Waals surface area contributed by atoms with Crippen molar-refractivity contribution < 1.29 is 19.4 Å². The summed E-state index contributed by atoms with van der Waals surface area (Å²) in [7, 11) is 0. The highest BCUT2D eigenvalue weighted by Crippen LogP contribution is 2.33. The van der Waals surface area contributed by atoms with Crippen LogP contribution in [0.4, 0.5) is 4.79 Å². The SMILES string of the molecule is CCCC1SCC(C(=O)O)N1C(=O)OC1CCCC1. The van der Waals surface area contributed by atoms with Crippen LogP contribution in [0.5, 0.6) is 0 Å². The number of carbonyl (C=O) groups is 2. The number of carbonyl (C=O) groups excluding carboxylic acids is 1. The van der Waals surface area contributed by atoms with Crippen molar-refractivity contribution in [3.63, 3.8) is 0 Å². The Morgan fingerprint density at radius 2 is 2.05 bits per heavy atom. The topological polar surface area (TPSA) is 66.8 Å². The summed E-state index contributed by atoms with van der Waals surface area (Å²) in [5, 5.41) is 9.16. The van der Waals surface area contributed by atoms with Gasteiger partial charge >= 0.3 is 12.1 Å². The second-order valence-corrected chi connectivity index (χ2v) is 6.34. The highest BCUT2D eigenvalue weighted by Gasteiger charge is 2.42. The van der Waals surface area contributed by atoms with Gasteiger partial charge in [0.1, 0.15) is 12.1 Å². The van der Waals surface area contributed by atoms with Gasteiger partial charge in [0.15, 0.2) is 0 Å². The normalized spacial score (nSPS) is 27.7. The van der Waals surface area contributed by atoms with E-state index < -0.39 is 18.1 Å². The lowest BCUT2D eigenvalue weighted by Crippen LogP contribution is -2.46. The summed E-state index contributed by atoms with van der Waals surface area (Å²) in [6.07, 6.45) is 5.27. The highest BCUT2D eigenvalue weighted by atomic mass is 32.2. The minimum absolute atomic E-state index is 0.0187. The van der Waals surface area contributed by atoms with E-state index in [4.69, 9.17) is 4.74 Å². The van der Waals surface area contributed by atoms with Crippen LogP contribution in [0.3, 0.4) is 0 Å². The van der Waals surface area contributed by atoms with Crippen molar-refractivity contribution in [2.24, 2.45) is 0 Å². The van der Waals surface area contributed by atoms with Crippen LogP contribution in [0.1, 0.15) is 45.4 Å². The molecule has 2 rings (SSSR count). The number of ether oxygens (including phenoxy) is 1. The molecular formula is C13H21NO4S. The summed E-state index contributed by atoms with van der Waals surface area (Å²) in [5.74, 6) is -0.478. The van der Waals surface area contributed by atoms with Gasteiger partial charge in [-0.25, -0.2) is 9.59 Å². The maximum absolute atomic E-state index is 12.2. The van der Waals surface area contributed by atoms with Crippen molar-refractivity contribution in [1.82, 2.24) is 4.90 Å². The number of nitrogens with zero attached hydrogens (tertiary/aromatic N) is 1. The van der Waals surface area contributed by atoms with E-state index in [9.17, 15) is 14.7 Å². The van der Waals surface area contributed by atoms with E-state index in [2.05, 4.69) is 0 Å². The molecule has 1 saturated heterocycles. The first-order valence-electron chi connectivity index (χ1n) is 6.96. The lowest BCUT2D eigenvalue weighted by atomic mass is 10.2. The molecule has 0 aromatic heterocycles. The summed E-state index contributed by atoms with van der Waals surface area (Å²) in [6.45, 7) is 2.04. The largest absolute Gasteiger partial charge is 0.480 e. The number of hydrogen-bond acceptors (Lipinski definition) is 4. The maximum atomic E-state index is 12.2. The molecule has 0 spiro atoms. The minimum atomic E-state index is -0.936. The molecule has 2 aliphatic rings. The Hall–Kier alpha value is -0.910. The lowest BCUT2D eigenvalue weighted by molar-refractivity contribution is -0.141. The van der Waals surface area contributed by atoms with E-state index in [-0.39, 0.29) is 11.5 Å². The predicted octanol–water partition coefficient (Wildman–Crippen LogP) is 2.69. The summed E-state index contributed by atoms with van der Waals surface area (Å²) in [6, 6.07) is -0.740. The average molecular weight is 287 g/mol. The number of carboxylic acids is 1. The summed E-state index contributed by atoms with van der Waals surface area (Å²) in [4.78, 5) is 24.9. The predicted molar refractivity (Wildman–Crippen MR) is 73.2 cm³/mol. The molecule has 0 radical (unpaired) electrons. The Morgan fingerprint density at radius 3 is 2.63 bits per heavy atom. The van der Waals surface area contributed by atoms with Gasteiger partial charge in [-0.3, -0.25) is 4.90 Å². The number of carboxylic acid groups (broad SMARTS) is 1. The van der Waals surface area contributed by atoms with Gasteiger partial charge in [0, 0.05) is 5.75 Å². The van der Waals surface area contributed by atoms with Crippen LogP contribution < -0.4 is 0 Å². The Balaban J connectivity index is 2.01. The van der Waals surface area contributed by atoms with Crippen LogP contribution >= 0.6 is 11.8 Å². The average Bonchev–Trinajstić information content (AvgIpc) is 2.98. The number of hydrogen-bond donors (Lipinski definition) is 1. The summed E-state index contributed by atoms with van der Waals surface area (Å²) >= 11 is 1.54. The van der Waals surface area contributed by atoms with E-state index in [0.717, 1.165) is 38.5 Å². The van der Waals surface area contributed by atoms with Crippen molar-refractivity contribution in [2.75, 3.05) is 5.75 Å². The van der Waals surface area contributed by atoms with Gasteiger partial charge in [-0.05, 0) is 32.1 Å². The molecule has 19 heavy (non-hydrogen) atoms.